The van der Waals surface area contributed by atoms with Gasteiger partial charge >= 0.3 is 5.97 Å². The van der Waals surface area contributed by atoms with Gasteiger partial charge in [-0.2, -0.15) is 0 Å². The van der Waals surface area contributed by atoms with Crippen molar-refractivity contribution in [3.05, 3.63) is 29.3 Å². The number of ketones is 1. The highest BCUT2D eigenvalue weighted by atomic mass is 32.2. The third-order valence-corrected chi connectivity index (χ3v) is 4.30. The maximum absolute atomic E-state index is 12.2. The van der Waals surface area contributed by atoms with E-state index >= 15 is 0 Å². The lowest BCUT2D eigenvalue weighted by Crippen LogP contribution is -2.04. The van der Waals surface area contributed by atoms with Gasteiger partial charge in [-0.25, -0.2) is 0 Å². The van der Waals surface area contributed by atoms with E-state index in [1.54, 1.807) is 11.8 Å². The lowest BCUT2D eigenvalue weighted by atomic mass is 10.0. The van der Waals surface area contributed by atoms with Crippen molar-refractivity contribution in [2.75, 3.05) is 5.75 Å². The van der Waals surface area contributed by atoms with Gasteiger partial charge < -0.3 is 5.11 Å². The summed E-state index contributed by atoms with van der Waals surface area (Å²) in [6.45, 7) is 6.26. The van der Waals surface area contributed by atoms with Crippen LogP contribution in [0.15, 0.2) is 23.1 Å². The van der Waals surface area contributed by atoms with E-state index in [9.17, 15) is 9.59 Å². The Labute approximate surface area is 124 Å². The summed E-state index contributed by atoms with van der Waals surface area (Å²) in [5, 5.41) is 8.63. The Balaban J connectivity index is 2.77. The number of carboxylic acid groups (broad SMARTS) is 1. The van der Waals surface area contributed by atoms with Crippen LogP contribution in [0.25, 0.3) is 0 Å². The Hall–Kier alpha value is -1.29. The molecule has 0 unspecified atom stereocenters. The number of aliphatic carboxylic acids is 1. The number of hydrogen-bond acceptors (Lipinski definition) is 3. The molecule has 0 aromatic heterocycles. The Morgan fingerprint density at radius 1 is 1.25 bits per heavy atom. The van der Waals surface area contributed by atoms with E-state index in [2.05, 4.69) is 13.8 Å². The fraction of sp³-hybridized carbons (Fsp3) is 0.500. The molecule has 0 aliphatic heterocycles. The molecule has 0 radical (unpaired) electrons. The van der Waals surface area contributed by atoms with Crippen LogP contribution in [0.5, 0.6) is 0 Å². The predicted molar refractivity (Wildman–Crippen MR) is 82.6 cm³/mol. The van der Waals surface area contributed by atoms with Gasteiger partial charge in [-0.15, -0.1) is 11.8 Å². The van der Waals surface area contributed by atoms with Crippen LogP contribution in [0.3, 0.4) is 0 Å². The summed E-state index contributed by atoms with van der Waals surface area (Å²) in [7, 11) is 0. The minimum Gasteiger partial charge on any atom is -0.481 e. The summed E-state index contributed by atoms with van der Waals surface area (Å²) in [5.74, 6) is 0.729. The van der Waals surface area contributed by atoms with Crippen LogP contribution < -0.4 is 0 Å². The fourth-order valence-electron chi connectivity index (χ4n) is 1.78. The molecule has 0 saturated carbocycles. The second-order valence-electron chi connectivity index (χ2n) is 5.37. The Bertz CT molecular complexity index is 481. The van der Waals surface area contributed by atoms with E-state index in [-0.39, 0.29) is 12.2 Å². The standard InChI is InChI=1S/C16H22O3S/c1-11(2)10-20-15-8-7-12(3)9-13(15)14(17)5-4-6-16(18)19/h7-9,11H,4-6,10H2,1-3H3,(H,18,19). The van der Waals surface area contributed by atoms with Crippen molar-refractivity contribution in [3.8, 4) is 0 Å². The number of benzene rings is 1. The zero-order valence-electron chi connectivity index (χ0n) is 12.3. The summed E-state index contributed by atoms with van der Waals surface area (Å²) in [5.41, 5.74) is 1.79. The highest BCUT2D eigenvalue weighted by Crippen LogP contribution is 2.27. The summed E-state index contributed by atoms with van der Waals surface area (Å²) in [6, 6.07) is 5.91. The first-order chi connectivity index (χ1) is 9.40. The third-order valence-electron chi connectivity index (χ3n) is 2.80. The molecule has 3 nitrogen and oxygen atoms in total. The van der Waals surface area contributed by atoms with Crippen LogP contribution in [0.2, 0.25) is 0 Å². The molecule has 0 heterocycles. The largest absolute Gasteiger partial charge is 0.481 e. The van der Waals surface area contributed by atoms with Crippen molar-refractivity contribution in [1.82, 2.24) is 0 Å². The van der Waals surface area contributed by atoms with Gasteiger partial charge in [0.15, 0.2) is 5.78 Å². The van der Waals surface area contributed by atoms with Crippen LogP contribution in [0, 0.1) is 12.8 Å². The number of carbonyl (C=O) groups is 2. The number of carboxylic acids is 1. The van der Waals surface area contributed by atoms with E-state index < -0.39 is 5.97 Å². The van der Waals surface area contributed by atoms with Crippen LogP contribution in [-0.4, -0.2) is 22.6 Å². The molecule has 1 N–H and O–H groups in total. The lowest BCUT2D eigenvalue weighted by molar-refractivity contribution is -0.137. The van der Waals surface area contributed by atoms with Gasteiger partial charge in [0.2, 0.25) is 0 Å². The molecule has 0 spiro atoms. The molecule has 0 amide bonds. The molecule has 1 aromatic rings. The minimum absolute atomic E-state index is 0.0428. The van der Waals surface area contributed by atoms with Crippen LogP contribution in [0.1, 0.15) is 49.0 Å². The second-order valence-corrected chi connectivity index (χ2v) is 6.44. The fourth-order valence-corrected chi connectivity index (χ4v) is 2.78. The molecule has 1 aromatic carbocycles. The average molecular weight is 294 g/mol. The van der Waals surface area contributed by atoms with Crippen LogP contribution in [-0.2, 0) is 4.79 Å². The van der Waals surface area contributed by atoms with Gasteiger partial charge in [0.25, 0.3) is 0 Å². The monoisotopic (exact) mass is 294 g/mol. The van der Waals surface area contributed by atoms with Gasteiger partial charge in [0.1, 0.15) is 0 Å². The number of carbonyl (C=O) groups excluding carboxylic acids is 1. The predicted octanol–water partition coefficient (Wildman–Crippen LogP) is 4.18. The molecule has 0 saturated heterocycles. The molecule has 0 bridgehead atoms. The summed E-state index contributed by atoms with van der Waals surface area (Å²) < 4.78 is 0. The highest BCUT2D eigenvalue weighted by Gasteiger charge is 2.13. The first-order valence-electron chi connectivity index (χ1n) is 6.88. The first-order valence-corrected chi connectivity index (χ1v) is 7.87. The molecule has 110 valence electrons. The Kier molecular flexibility index (Phi) is 6.79. The van der Waals surface area contributed by atoms with Crippen molar-refractivity contribution in [2.45, 2.75) is 44.9 Å². The number of rotatable bonds is 8. The van der Waals surface area contributed by atoms with Gasteiger partial charge in [-0.3, -0.25) is 9.59 Å². The maximum Gasteiger partial charge on any atom is 0.303 e. The van der Waals surface area contributed by atoms with Crippen molar-refractivity contribution in [3.63, 3.8) is 0 Å². The highest BCUT2D eigenvalue weighted by molar-refractivity contribution is 7.99. The van der Waals surface area contributed by atoms with E-state index in [1.807, 2.05) is 25.1 Å². The van der Waals surface area contributed by atoms with E-state index in [1.165, 1.54) is 0 Å². The average Bonchev–Trinajstić information content (AvgIpc) is 2.36. The molecule has 0 aliphatic carbocycles. The zero-order chi connectivity index (χ0) is 15.1. The van der Waals surface area contributed by atoms with Gasteiger partial charge in [0.05, 0.1) is 0 Å². The molecule has 20 heavy (non-hydrogen) atoms. The molecular weight excluding hydrogens is 272 g/mol. The second kappa shape index (κ2) is 8.10. The van der Waals surface area contributed by atoms with Crippen molar-refractivity contribution in [1.29, 1.82) is 0 Å². The molecule has 1 rings (SSSR count). The SMILES string of the molecule is Cc1ccc(SCC(C)C)c(C(=O)CCCC(=O)O)c1. The smallest absolute Gasteiger partial charge is 0.303 e. The first kappa shape index (κ1) is 16.8. The van der Waals surface area contributed by atoms with Crippen molar-refractivity contribution >= 4 is 23.5 Å². The van der Waals surface area contributed by atoms with E-state index in [0.29, 0.717) is 18.8 Å². The Morgan fingerprint density at radius 3 is 2.55 bits per heavy atom. The summed E-state index contributed by atoms with van der Waals surface area (Å²) in [6.07, 6.45) is 0.743. The van der Waals surface area contributed by atoms with Gasteiger partial charge in [-0.1, -0.05) is 25.5 Å². The lowest BCUT2D eigenvalue weighted by Gasteiger charge is -2.11. The topological polar surface area (TPSA) is 54.4 Å². The molecule has 4 heteroatoms. The molecule has 0 aliphatic rings. The number of thioether (sulfide) groups is 1. The van der Waals surface area contributed by atoms with Crippen LogP contribution in [0.4, 0.5) is 0 Å². The van der Waals surface area contributed by atoms with E-state index in [0.717, 1.165) is 21.8 Å². The van der Waals surface area contributed by atoms with Gasteiger partial charge in [0, 0.05) is 29.1 Å². The molecule has 0 fully saturated rings. The maximum atomic E-state index is 12.2. The molecule has 0 atom stereocenters. The van der Waals surface area contributed by atoms with Gasteiger partial charge in [-0.05, 0) is 31.4 Å². The van der Waals surface area contributed by atoms with Crippen LogP contribution >= 0.6 is 11.8 Å². The van der Waals surface area contributed by atoms with E-state index in [4.69, 9.17) is 5.11 Å². The van der Waals surface area contributed by atoms with Crippen molar-refractivity contribution < 1.29 is 14.7 Å². The third kappa shape index (κ3) is 5.78. The minimum atomic E-state index is -0.851. The quantitative estimate of drug-likeness (QED) is 0.577. The number of Topliss-reactive ketones (excluding diaryl/α,β-unsaturated/α-hetero) is 1. The summed E-state index contributed by atoms with van der Waals surface area (Å²) in [4.78, 5) is 23.7. The zero-order valence-corrected chi connectivity index (χ0v) is 13.1. The van der Waals surface area contributed by atoms with Crippen molar-refractivity contribution in [2.24, 2.45) is 5.92 Å². The normalized spacial score (nSPS) is 10.8. The number of aryl methyl sites for hydroxylation is 1. The summed E-state index contributed by atoms with van der Waals surface area (Å²) >= 11 is 1.69. The molecular formula is C16H22O3S. The number of hydrogen-bond donors (Lipinski definition) is 1. The Morgan fingerprint density at radius 2 is 1.95 bits per heavy atom.